The molecule has 1 fully saturated rings. The van der Waals surface area contributed by atoms with E-state index in [1.54, 1.807) is 7.11 Å². The van der Waals surface area contributed by atoms with Crippen LogP contribution in [0.4, 0.5) is 0 Å². The van der Waals surface area contributed by atoms with Gasteiger partial charge in [-0.15, -0.1) is 0 Å². The van der Waals surface area contributed by atoms with Crippen LogP contribution in [0.5, 0.6) is 0 Å². The van der Waals surface area contributed by atoms with E-state index in [1.807, 2.05) is 6.92 Å². The molecule has 0 aliphatic heterocycles. The summed E-state index contributed by atoms with van der Waals surface area (Å²) in [6, 6.07) is 0.294. The summed E-state index contributed by atoms with van der Waals surface area (Å²) in [5.41, 5.74) is 0. The topological polar surface area (TPSA) is 41.5 Å². The maximum atomic E-state index is 9.47. The van der Waals surface area contributed by atoms with Crippen LogP contribution >= 0.6 is 0 Å². The number of hydrogen-bond donors (Lipinski definition) is 2. The normalized spacial score (nSPS) is 32.2. The molecule has 0 aromatic heterocycles. The van der Waals surface area contributed by atoms with Crippen LogP contribution in [0.2, 0.25) is 0 Å². The standard InChI is InChI=1S/C9H19NO2/c1-7(12-2)6-10-8-4-3-5-9(8)11/h7-11H,3-6H2,1-2H3. The summed E-state index contributed by atoms with van der Waals surface area (Å²) in [6.45, 7) is 2.85. The third-order valence-corrected chi connectivity index (χ3v) is 2.55. The van der Waals surface area contributed by atoms with Gasteiger partial charge >= 0.3 is 0 Å². The van der Waals surface area contributed by atoms with Gasteiger partial charge in [-0.2, -0.15) is 0 Å². The molecule has 1 saturated carbocycles. The van der Waals surface area contributed by atoms with Gasteiger partial charge in [-0.05, 0) is 26.2 Å². The number of aliphatic hydroxyl groups excluding tert-OH is 1. The zero-order valence-corrected chi connectivity index (χ0v) is 7.92. The monoisotopic (exact) mass is 173 g/mol. The second-order valence-electron chi connectivity index (χ2n) is 3.56. The van der Waals surface area contributed by atoms with E-state index in [9.17, 15) is 5.11 Å². The molecule has 0 amide bonds. The number of nitrogens with one attached hydrogen (secondary N) is 1. The highest BCUT2D eigenvalue weighted by Crippen LogP contribution is 2.18. The highest BCUT2D eigenvalue weighted by Gasteiger charge is 2.24. The Labute approximate surface area is 74.1 Å². The van der Waals surface area contributed by atoms with Gasteiger partial charge in [0.15, 0.2) is 0 Å². The Morgan fingerprint density at radius 1 is 1.58 bits per heavy atom. The predicted molar refractivity (Wildman–Crippen MR) is 48.1 cm³/mol. The lowest BCUT2D eigenvalue weighted by atomic mass is 10.2. The molecule has 12 heavy (non-hydrogen) atoms. The van der Waals surface area contributed by atoms with Crippen molar-refractivity contribution >= 4 is 0 Å². The molecule has 0 spiro atoms. The van der Waals surface area contributed by atoms with Crippen molar-refractivity contribution in [2.75, 3.05) is 13.7 Å². The third-order valence-electron chi connectivity index (χ3n) is 2.55. The fourth-order valence-electron chi connectivity index (χ4n) is 1.58. The average molecular weight is 173 g/mol. The zero-order chi connectivity index (χ0) is 8.97. The molecule has 0 aromatic rings. The Bertz CT molecular complexity index is 130. The molecule has 3 heteroatoms. The van der Waals surface area contributed by atoms with Crippen molar-refractivity contribution in [1.82, 2.24) is 5.32 Å². The first-order chi connectivity index (χ1) is 5.74. The minimum Gasteiger partial charge on any atom is -0.392 e. The molecule has 72 valence electrons. The van der Waals surface area contributed by atoms with Crippen LogP contribution < -0.4 is 5.32 Å². The van der Waals surface area contributed by atoms with E-state index < -0.39 is 0 Å². The first-order valence-electron chi connectivity index (χ1n) is 4.68. The summed E-state index contributed by atoms with van der Waals surface area (Å²) in [5.74, 6) is 0. The van der Waals surface area contributed by atoms with Gasteiger partial charge in [0.25, 0.3) is 0 Å². The Morgan fingerprint density at radius 2 is 2.33 bits per heavy atom. The molecule has 2 N–H and O–H groups in total. The molecule has 0 radical (unpaired) electrons. The Hall–Kier alpha value is -0.120. The fourth-order valence-corrected chi connectivity index (χ4v) is 1.58. The molecule has 1 rings (SSSR count). The number of rotatable bonds is 4. The molecule has 1 aliphatic rings. The van der Waals surface area contributed by atoms with E-state index in [0.29, 0.717) is 6.04 Å². The van der Waals surface area contributed by atoms with E-state index in [4.69, 9.17) is 4.74 Å². The number of methoxy groups -OCH3 is 1. The van der Waals surface area contributed by atoms with E-state index in [-0.39, 0.29) is 12.2 Å². The van der Waals surface area contributed by atoms with E-state index in [1.165, 1.54) is 0 Å². The quantitative estimate of drug-likeness (QED) is 0.651. The molecule has 3 nitrogen and oxygen atoms in total. The number of hydrogen-bond acceptors (Lipinski definition) is 3. The lowest BCUT2D eigenvalue weighted by Crippen LogP contribution is -2.39. The second kappa shape index (κ2) is 4.80. The molecule has 0 aromatic carbocycles. The van der Waals surface area contributed by atoms with Crippen molar-refractivity contribution in [2.45, 2.75) is 44.4 Å². The first-order valence-corrected chi connectivity index (χ1v) is 4.68. The zero-order valence-electron chi connectivity index (χ0n) is 7.92. The molecule has 0 saturated heterocycles. The fraction of sp³-hybridized carbons (Fsp3) is 1.00. The summed E-state index contributed by atoms with van der Waals surface area (Å²) in [6.07, 6.45) is 3.27. The third kappa shape index (κ3) is 2.73. The van der Waals surface area contributed by atoms with Crippen molar-refractivity contribution in [3.63, 3.8) is 0 Å². The minimum atomic E-state index is -0.144. The van der Waals surface area contributed by atoms with E-state index >= 15 is 0 Å². The first kappa shape index (κ1) is 9.96. The minimum absolute atomic E-state index is 0.144. The van der Waals surface area contributed by atoms with Gasteiger partial charge in [-0.3, -0.25) is 0 Å². The Kier molecular flexibility index (Phi) is 3.98. The molecule has 3 unspecified atom stereocenters. The lowest BCUT2D eigenvalue weighted by molar-refractivity contribution is 0.0997. The maximum absolute atomic E-state index is 9.47. The average Bonchev–Trinajstić information content (AvgIpc) is 2.47. The predicted octanol–water partition coefficient (Wildman–Crippen LogP) is 0.524. The molecular formula is C9H19NO2. The van der Waals surface area contributed by atoms with Crippen LogP contribution in [0.1, 0.15) is 26.2 Å². The Morgan fingerprint density at radius 3 is 2.83 bits per heavy atom. The van der Waals surface area contributed by atoms with Crippen molar-refractivity contribution in [3.05, 3.63) is 0 Å². The highest BCUT2D eigenvalue weighted by atomic mass is 16.5. The van der Waals surface area contributed by atoms with Crippen LogP contribution in [0.15, 0.2) is 0 Å². The number of ether oxygens (including phenoxy) is 1. The molecule has 0 heterocycles. The summed E-state index contributed by atoms with van der Waals surface area (Å²) in [5, 5.41) is 12.8. The molecule has 0 bridgehead atoms. The summed E-state index contributed by atoms with van der Waals surface area (Å²) >= 11 is 0. The molecule has 1 aliphatic carbocycles. The second-order valence-corrected chi connectivity index (χ2v) is 3.56. The van der Waals surface area contributed by atoms with Gasteiger partial charge in [0, 0.05) is 19.7 Å². The van der Waals surface area contributed by atoms with Crippen molar-refractivity contribution in [1.29, 1.82) is 0 Å². The van der Waals surface area contributed by atoms with Gasteiger partial charge in [0.05, 0.1) is 12.2 Å². The maximum Gasteiger partial charge on any atom is 0.0693 e. The van der Waals surface area contributed by atoms with Crippen molar-refractivity contribution in [3.8, 4) is 0 Å². The van der Waals surface area contributed by atoms with Crippen molar-refractivity contribution in [2.24, 2.45) is 0 Å². The SMILES string of the molecule is COC(C)CNC1CCCC1O. The molecular weight excluding hydrogens is 154 g/mol. The van der Waals surface area contributed by atoms with Gasteiger partial charge in [0.1, 0.15) is 0 Å². The van der Waals surface area contributed by atoms with E-state index in [2.05, 4.69) is 5.32 Å². The summed E-state index contributed by atoms with van der Waals surface area (Å²) in [7, 11) is 1.71. The van der Waals surface area contributed by atoms with Gasteiger partial charge < -0.3 is 15.2 Å². The van der Waals surface area contributed by atoms with Gasteiger partial charge in [-0.25, -0.2) is 0 Å². The number of aliphatic hydroxyl groups is 1. The smallest absolute Gasteiger partial charge is 0.0693 e. The van der Waals surface area contributed by atoms with Gasteiger partial charge in [0.2, 0.25) is 0 Å². The van der Waals surface area contributed by atoms with Crippen molar-refractivity contribution < 1.29 is 9.84 Å². The highest BCUT2D eigenvalue weighted by molar-refractivity contribution is 4.82. The molecule has 3 atom stereocenters. The lowest BCUT2D eigenvalue weighted by Gasteiger charge is -2.18. The van der Waals surface area contributed by atoms with Crippen LogP contribution in [0.25, 0.3) is 0 Å². The van der Waals surface area contributed by atoms with Gasteiger partial charge in [-0.1, -0.05) is 0 Å². The van der Waals surface area contributed by atoms with Crippen LogP contribution in [0, 0.1) is 0 Å². The largest absolute Gasteiger partial charge is 0.392 e. The Balaban J connectivity index is 2.13. The summed E-state index contributed by atoms with van der Waals surface area (Å²) in [4.78, 5) is 0. The van der Waals surface area contributed by atoms with Crippen LogP contribution in [-0.2, 0) is 4.74 Å². The summed E-state index contributed by atoms with van der Waals surface area (Å²) < 4.78 is 5.10. The van der Waals surface area contributed by atoms with E-state index in [0.717, 1.165) is 25.8 Å². The van der Waals surface area contributed by atoms with Crippen LogP contribution in [-0.4, -0.2) is 37.0 Å². The van der Waals surface area contributed by atoms with Crippen LogP contribution in [0.3, 0.4) is 0 Å².